The van der Waals surface area contributed by atoms with Gasteiger partial charge in [0.1, 0.15) is 0 Å². The topological polar surface area (TPSA) is 38.7 Å². The summed E-state index contributed by atoms with van der Waals surface area (Å²) < 4.78 is 11.6. The zero-order valence-corrected chi connectivity index (χ0v) is 9.21. The zero-order chi connectivity index (χ0) is 10.8. The lowest BCUT2D eigenvalue weighted by atomic mass is 9.67. The predicted molar refractivity (Wildman–Crippen MR) is 57.4 cm³/mol. The number of aliphatic hydroxyl groups is 1. The van der Waals surface area contributed by atoms with Gasteiger partial charge in [0.05, 0.1) is 25.2 Å². The first-order valence-electron chi connectivity index (χ1n) is 5.78. The molecule has 2 rings (SSSR count). The smallest absolute Gasteiger partial charge is 0.176 e. The molecule has 1 unspecified atom stereocenters. The van der Waals surface area contributed by atoms with E-state index in [-0.39, 0.29) is 12.0 Å². The summed E-state index contributed by atoms with van der Waals surface area (Å²) in [5.41, 5.74) is -0.260. The fourth-order valence-corrected chi connectivity index (χ4v) is 2.98. The third-order valence-corrected chi connectivity index (χ3v) is 3.81. The summed E-state index contributed by atoms with van der Waals surface area (Å²) in [4.78, 5) is 0. The van der Waals surface area contributed by atoms with Gasteiger partial charge in [-0.25, -0.2) is 0 Å². The summed E-state index contributed by atoms with van der Waals surface area (Å²) in [6.07, 6.45) is 6.77. The highest BCUT2D eigenvalue weighted by atomic mass is 16.7. The van der Waals surface area contributed by atoms with Crippen molar-refractivity contribution in [2.24, 2.45) is 5.41 Å². The van der Waals surface area contributed by atoms with Crippen LogP contribution in [0.2, 0.25) is 0 Å². The fourth-order valence-electron chi connectivity index (χ4n) is 2.98. The van der Waals surface area contributed by atoms with Gasteiger partial charge < -0.3 is 14.6 Å². The Balaban J connectivity index is 2.26. The monoisotopic (exact) mass is 212 g/mol. The molecule has 2 fully saturated rings. The average Bonchev–Trinajstić information content (AvgIpc) is 2.72. The third-order valence-electron chi connectivity index (χ3n) is 3.81. The largest absolute Gasteiger partial charge is 0.396 e. The van der Waals surface area contributed by atoms with Gasteiger partial charge >= 0.3 is 0 Å². The zero-order valence-electron chi connectivity index (χ0n) is 9.21. The van der Waals surface area contributed by atoms with E-state index in [1.807, 2.05) is 6.08 Å². The van der Waals surface area contributed by atoms with Crippen LogP contribution >= 0.6 is 0 Å². The fraction of sp³-hybridized carbons (Fsp3) is 0.833. The minimum atomic E-state index is -0.534. The number of hydrogen-bond acceptors (Lipinski definition) is 3. The van der Waals surface area contributed by atoms with E-state index in [2.05, 4.69) is 6.58 Å². The molecule has 2 aliphatic rings. The molecule has 0 aromatic heterocycles. The quantitative estimate of drug-likeness (QED) is 0.726. The van der Waals surface area contributed by atoms with Crippen molar-refractivity contribution in [1.82, 2.24) is 0 Å². The second-order valence-electron chi connectivity index (χ2n) is 4.59. The molecule has 1 N–H and O–H groups in total. The van der Waals surface area contributed by atoms with Crippen molar-refractivity contribution in [2.75, 3.05) is 19.8 Å². The molecule has 1 aliphatic carbocycles. The molecule has 1 aliphatic heterocycles. The molecule has 0 aromatic rings. The highest BCUT2D eigenvalue weighted by molar-refractivity contribution is 5.01. The van der Waals surface area contributed by atoms with Gasteiger partial charge in [-0.15, -0.1) is 6.58 Å². The van der Waals surface area contributed by atoms with Crippen molar-refractivity contribution < 1.29 is 14.6 Å². The van der Waals surface area contributed by atoms with Crippen LogP contribution in [0.4, 0.5) is 0 Å². The lowest BCUT2D eigenvalue weighted by molar-refractivity contribution is -0.265. The lowest BCUT2D eigenvalue weighted by Crippen LogP contribution is -2.53. The molecular weight excluding hydrogens is 192 g/mol. The first-order chi connectivity index (χ1) is 7.29. The number of aliphatic hydroxyl groups excluding tert-OH is 1. The SMILES string of the molecule is C=CCC1(CO)CCCCC12OCCO2. The Labute approximate surface area is 91.1 Å². The van der Waals surface area contributed by atoms with E-state index in [1.165, 1.54) is 0 Å². The van der Waals surface area contributed by atoms with Gasteiger partial charge in [-0.2, -0.15) is 0 Å². The van der Waals surface area contributed by atoms with Crippen LogP contribution in [-0.4, -0.2) is 30.7 Å². The molecule has 1 spiro atoms. The predicted octanol–water partition coefficient (Wildman–Crippen LogP) is 1.86. The number of rotatable bonds is 3. The maximum atomic E-state index is 9.69. The normalized spacial score (nSPS) is 34.5. The van der Waals surface area contributed by atoms with Crippen LogP contribution in [0, 0.1) is 5.41 Å². The Morgan fingerprint density at radius 1 is 1.20 bits per heavy atom. The van der Waals surface area contributed by atoms with Crippen LogP contribution in [0.5, 0.6) is 0 Å². The summed E-state index contributed by atoms with van der Waals surface area (Å²) in [7, 11) is 0. The highest BCUT2D eigenvalue weighted by Gasteiger charge is 2.55. The second-order valence-corrected chi connectivity index (χ2v) is 4.59. The van der Waals surface area contributed by atoms with E-state index >= 15 is 0 Å². The van der Waals surface area contributed by atoms with Gasteiger partial charge in [-0.05, 0) is 19.3 Å². The Kier molecular flexibility index (Phi) is 3.14. The van der Waals surface area contributed by atoms with Crippen LogP contribution in [0.15, 0.2) is 12.7 Å². The molecule has 3 heteroatoms. The van der Waals surface area contributed by atoms with E-state index < -0.39 is 5.79 Å². The minimum absolute atomic E-state index is 0.124. The molecule has 0 aromatic carbocycles. The van der Waals surface area contributed by atoms with E-state index in [4.69, 9.17) is 9.47 Å². The molecule has 15 heavy (non-hydrogen) atoms. The lowest BCUT2D eigenvalue weighted by Gasteiger charge is -2.48. The first-order valence-corrected chi connectivity index (χ1v) is 5.78. The summed E-state index contributed by atoms with van der Waals surface area (Å²) >= 11 is 0. The van der Waals surface area contributed by atoms with E-state index in [9.17, 15) is 5.11 Å². The van der Waals surface area contributed by atoms with E-state index in [0.29, 0.717) is 13.2 Å². The Morgan fingerprint density at radius 2 is 1.87 bits per heavy atom. The molecule has 1 heterocycles. The average molecular weight is 212 g/mol. The summed E-state index contributed by atoms with van der Waals surface area (Å²) in [6, 6.07) is 0. The van der Waals surface area contributed by atoms with E-state index in [0.717, 1.165) is 32.1 Å². The highest BCUT2D eigenvalue weighted by Crippen LogP contribution is 2.51. The van der Waals surface area contributed by atoms with Crippen molar-refractivity contribution in [3.05, 3.63) is 12.7 Å². The van der Waals surface area contributed by atoms with Gasteiger partial charge in [0, 0.05) is 6.42 Å². The van der Waals surface area contributed by atoms with Crippen LogP contribution in [0.3, 0.4) is 0 Å². The number of allylic oxidation sites excluding steroid dienone is 1. The summed E-state index contributed by atoms with van der Waals surface area (Å²) in [5, 5.41) is 9.69. The molecule has 1 saturated carbocycles. The standard InChI is InChI=1S/C12H20O3/c1-2-5-11(10-13)6-3-4-7-12(11)14-8-9-15-12/h2,13H,1,3-10H2. The van der Waals surface area contributed by atoms with Gasteiger partial charge in [-0.3, -0.25) is 0 Å². The summed E-state index contributed by atoms with van der Waals surface area (Å²) in [6.45, 7) is 5.21. The van der Waals surface area contributed by atoms with E-state index in [1.54, 1.807) is 0 Å². The van der Waals surface area contributed by atoms with Gasteiger partial charge in [0.25, 0.3) is 0 Å². The van der Waals surface area contributed by atoms with Crippen molar-refractivity contribution in [3.8, 4) is 0 Å². The first kappa shape index (κ1) is 11.1. The maximum Gasteiger partial charge on any atom is 0.176 e. The Morgan fingerprint density at radius 3 is 2.47 bits per heavy atom. The molecule has 1 atom stereocenters. The van der Waals surface area contributed by atoms with Crippen LogP contribution in [-0.2, 0) is 9.47 Å². The Hall–Kier alpha value is -0.380. The Bertz CT molecular complexity index is 233. The van der Waals surface area contributed by atoms with Crippen molar-refractivity contribution in [3.63, 3.8) is 0 Å². The van der Waals surface area contributed by atoms with Crippen molar-refractivity contribution in [2.45, 2.75) is 37.9 Å². The van der Waals surface area contributed by atoms with Gasteiger partial charge in [0.2, 0.25) is 0 Å². The van der Waals surface area contributed by atoms with Crippen LogP contribution in [0.25, 0.3) is 0 Å². The molecule has 1 saturated heterocycles. The van der Waals surface area contributed by atoms with Gasteiger partial charge in [0.15, 0.2) is 5.79 Å². The number of hydrogen-bond donors (Lipinski definition) is 1. The molecule has 86 valence electrons. The molecule has 0 radical (unpaired) electrons. The van der Waals surface area contributed by atoms with Crippen LogP contribution in [0.1, 0.15) is 32.1 Å². The van der Waals surface area contributed by atoms with Crippen molar-refractivity contribution >= 4 is 0 Å². The maximum absolute atomic E-state index is 9.69. The minimum Gasteiger partial charge on any atom is -0.396 e. The molecular formula is C12H20O3. The third kappa shape index (κ3) is 1.63. The summed E-state index contributed by atoms with van der Waals surface area (Å²) in [5.74, 6) is -0.534. The van der Waals surface area contributed by atoms with Crippen LogP contribution < -0.4 is 0 Å². The van der Waals surface area contributed by atoms with Gasteiger partial charge in [-0.1, -0.05) is 12.5 Å². The molecule has 3 nitrogen and oxygen atoms in total. The number of ether oxygens (including phenoxy) is 2. The second kappa shape index (κ2) is 4.24. The molecule has 0 amide bonds. The molecule has 0 bridgehead atoms. The van der Waals surface area contributed by atoms with Crippen molar-refractivity contribution in [1.29, 1.82) is 0 Å².